The van der Waals surface area contributed by atoms with E-state index in [2.05, 4.69) is 30.4 Å². The van der Waals surface area contributed by atoms with Gasteiger partial charge in [0, 0.05) is 18.7 Å². The average Bonchev–Trinajstić information content (AvgIpc) is 2.58. The molecule has 0 spiro atoms. The monoisotopic (exact) mass is 315 g/mol. The summed E-state index contributed by atoms with van der Waals surface area (Å²) in [7, 11) is 0. The summed E-state index contributed by atoms with van der Waals surface area (Å²) >= 11 is 0. The highest BCUT2D eigenvalue weighted by atomic mass is 16.5. The molecular formula is C19H25NO3. The SMILES string of the molecule is Cc1ccccc1COc1ccccc1CNCCOCCO. The summed E-state index contributed by atoms with van der Waals surface area (Å²) in [5.74, 6) is 0.902. The predicted molar refractivity (Wildman–Crippen MR) is 91.6 cm³/mol. The Balaban J connectivity index is 1.84. The van der Waals surface area contributed by atoms with Crippen molar-refractivity contribution in [1.29, 1.82) is 0 Å². The van der Waals surface area contributed by atoms with Crippen LogP contribution < -0.4 is 10.1 Å². The summed E-state index contributed by atoms with van der Waals surface area (Å²) < 4.78 is 11.2. The number of para-hydroxylation sites is 1. The van der Waals surface area contributed by atoms with Crippen molar-refractivity contribution in [2.75, 3.05) is 26.4 Å². The average molecular weight is 315 g/mol. The second-order valence-electron chi connectivity index (χ2n) is 5.34. The Kier molecular flexibility index (Phi) is 7.60. The Morgan fingerprint density at radius 2 is 1.70 bits per heavy atom. The number of aliphatic hydroxyl groups is 1. The number of rotatable bonds is 10. The maximum absolute atomic E-state index is 8.65. The van der Waals surface area contributed by atoms with Gasteiger partial charge in [0.25, 0.3) is 0 Å². The van der Waals surface area contributed by atoms with Gasteiger partial charge in [-0.15, -0.1) is 0 Å². The summed E-state index contributed by atoms with van der Waals surface area (Å²) in [5.41, 5.74) is 3.57. The second-order valence-corrected chi connectivity index (χ2v) is 5.34. The first-order chi connectivity index (χ1) is 11.3. The number of ether oxygens (including phenoxy) is 2. The highest BCUT2D eigenvalue weighted by Gasteiger charge is 2.04. The third-order valence-corrected chi connectivity index (χ3v) is 3.59. The van der Waals surface area contributed by atoms with Crippen LogP contribution in [0.3, 0.4) is 0 Å². The van der Waals surface area contributed by atoms with Gasteiger partial charge in [-0.1, -0.05) is 42.5 Å². The van der Waals surface area contributed by atoms with Crippen molar-refractivity contribution in [3.8, 4) is 5.75 Å². The molecule has 4 nitrogen and oxygen atoms in total. The van der Waals surface area contributed by atoms with Crippen LogP contribution in [-0.4, -0.2) is 31.5 Å². The molecule has 0 bridgehead atoms. The Morgan fingerprint density at radius 1 is 0.957 bits per heavy atom. The molecule has 0 heterocycles. The van der Waals surface area contributed by atoms with E-state index in [9.17, 15) is 0 Å². The van der Waals surface area contributed by atoms with E-state index in [0.29, 0.717) is 19.8 Å². The van der Waals surface area contributed by atoms with E-state index in [4.69, 9.17) is 14.6 Å². The molecule has 2 rings (SSSR count). The molecule has 23 heavy (non-hydrogen) atoms. The van der Waals surface area contributed by atoms with Crippen molar-refractivity contribution in [3.05, 3.63) is 65.2 Å². The van der Waals surface area contributed by atoms with Crippen molar-refractivity contribution in [3.63, 3.8) is 0 Å². The summed E-state index contributed by atoms with van der Waals surface area (Å²) in [4.78, 5) is 0. The third-order valence-electron chi connectivity index (χ3n) is 3.59. The molecule has 0 saturated carbocycles. The van der Waals surface area contributed by atoms with Crippen molar-refractivity contribution in [2.45, 2.75) is 20.1 Å². The Hall–Kier alpha value is -1.88. The molecule has 0 saturated heterocycles. The normalized spacial score (nSPS) is 10.7. The first-order valence-corrected chi connectivity index (χ1v) is 7.96. The van der Waals surface area contributed by atoms with E-state index < -0.39 is 0 Å². The molecule has 0 aliphatic rings. The fraction of sp³-hybridized carbons (Fsp3) is 0.368. The standard InChI is InChI=1S/C19H25NO3/c1-16-6-2-3-8-18(16)15-23-19-9-5-4-7-17(19)14-20-10-12-22-13-11-21/h2-9,20-21H,10-15H2,1H3. The lowest BCUT2D eigenvalue weighted by Crippen LogP contribution is -2.20. The minimum Gasteiger partial charge on any atom is -0.489 e. The Morgan fingerprint density at radius 3 is 2.48 bits per heavy atom. The van der Waals surface area contributed by atoms with Gasteiger partial charge in [-0.05, 0) is 24.1 Å². The first kappa shape index (κ1) is 17.5. The number of aliphatic hydroxyl groups excluding tert-OH is 1. The van der Waals surface area contributed by atoms with E-state index in [1.807, 2.05) is 30.3 Å². The van der Waals surface area contributed by atoms with E-state index >= 15 is 0 Å². The van der Waals surface area contributed by atoms with Crippen LogP contribution in [0.2, 0.25) is 0 Å². The van der Waals surface area contributed by atoms with Gasteiger partial charge in [0.2, 0.25) is 0 Å². The van der Waals surface area contributed by atoms with Crippen LogP contribution in [-0.2, 0) is 17.9 Å². The lowest BCUT2D eigenvalue weighted by atomic mass is 10.1. The molecule has 2 aromatic rings. The number of hydrogen-bond acceptors (Lipinski definition) is 4. The molecule has 0 radical (unpaired) electrons. The summed E-state index contributed by atoms with van der Waals surface area (Å²) in [6.07, 6.45) is 0. The van der Waals surface area contributed by atoms with Gasteiger partial charge in [0.1, 0.15) is 12.4 Å². The molecule has 0 unspecified atom stereocenters. The van der Waals surface area contributed by atoms with Crippen molar-refractivity contribution in [1.82, 2.24) is 5.32 Å². The zero-order chi connectivity index (χ0) is 16.3. The molecule has 124 valence electrons. The predicted octanol–water partition coefficient (Wildman–Crippen LogP) is 2.67. The zero-order valence-corrected chi connectivity index (χ0v) is 13.6. The van der Waals surface area contributed by atoms with Crippen molar-refractivity contribution in [2.24, 2.45) is 0 Å². The van der Waals surface area contributed by atoms with E-state index in [-0.39, 0.29) is 6.61 Å². The lowest BCUT2D eigenvalue weighted by molar-refractivity contribution is 0.0937. The number of benzene rings is 2. The van der Waals surface area contributed by atoms with Gasteiger partial charge in [0.05, 0.1) is 19.8 Å². The lowest BCUT2D eigenvalue weighted by Gasteiger charge is -2.13. The fourth-order valence-electron chi connectivity index (χ4n) is 2.25. The van der Waals surface area contributed by atoms with E-state index in [1.54, 1.807) is 0 Å². The third kappa shape index (κ3) is 6.02. The summed E-state index contributed by atoms with van der Waals surface area (Å²) in [5, 5.41) is 12.0. The van der Waals surface area contributed by atoms with Gasteiger partial charge in [-0.25, -0.2) is 0 Å². The van der Waals surface area contributed by atoms with Crippen molar-refractivity contribution >= 4 is 0 Å². The largest absolute Gasteiger partial charge is 0.489 e. The fourth-order valence-corrected chi connectivity index (χ4v) is 2.25. The van der Waals surface area contributed by atoms with Crippen LogP contribution in [0.5, 0.6) is 5.75 Å². The minimum atomic E-state index is 0.0651. The topological polar surface area (TPSA) is 50.7 Å². The van der Waals surface area contributed by atoms with Crippen molar-refractivity contribution < 1.29 is 14.6 Å². The summed E-state index contributed by atoms with van der Waals surface area (Å²) in [6, 6.07) is 16.3. The van der Waals surface area contributed by atoms with Gasteiger partial charge in [-0.2, -0.15) is 0 Å². The van der Waals surface area contributed by atoms with Crippen LogP contribution >= 0.6 is 0 Å². The second kappa shape index (κ2) is 10.0. The van der Waals surface area contributed by atoms with Gasteiger partial charge in [-0.3, -0.25) is 0 Å². The van der Waals surface area contributed by atoms with Crippen LogP contribution in [0.1, 0.15) is 16.7 Å². The maximum Gasteiger partial charge on any atom is 0.124 e. The highest BCUT2D eigenvalue weighted by molar-refractivity contribution is 5.34. The molecule has 0 fully saturated rings. The Bertz CT molecular complexity index is 586. The zero-order valence-electron chi connectivity index (χ0n) is 13.6. The number of aryl methyl sites for hydroxylation is 1. The molecule has 0 atom stereocenters. The molecule has 0 aromatic heterocycles. The molecule has 0 aliphatic heterocycles. The van der Waals surface area contributed by atoms with E-state index in [1.165, 1.54) is 11.1 Å². The molecule has 2 aromatic carbocycles. The Labute approximate surface area is 138 Å². The number of hydrogen-bond donors (Lipinski definition) is 2. The van der Waals surface area contributed by atoms with Crippen LogP contribution in [0.15, 0.2) is 48.5 Å². The maximum atomic E-state index is 8.65. The highest BCUT2D eigenvalue weighted by Crippen LogP contribution is 2.20. The summed E-state index contributed by atoms with van der Waals surface area (Å²) in [6.45, 7) is 5.18. The minimum absolute atomic E-state index is 0.0651. The quantitative estimate of drug-likeness (QED) is 0.662. The molecule has 0 aliphatic carbocycles. The number of nitrogens with one attached hydrogen (secondary N) is 1. The van der Waals surface area contributed by atoms with E-state index in [0.717, 1.165) is 24.4 Å². The van der Waals surface area contributed by atoms with Gasteiger partial charge >= 0.3 is 0 Å². The molecule has 4 heteroatoms. The molecule has 0 amide bonds. The van der Waals surface area contributed by atoms with Crippen LogP contribution in [0.25, 0.3) is 0 Å². The molecule has 2 N–H and O–H groups in total. The van der Waals surface area contributed by atoms with Crippen LogP contribution in [0.4, 0.5) is 0 Å². The van der Waals surface area contributed by atoms with Gasteiger partial charge < -0.3 is 19.9 Å². The van der Waals surface area contributed by atoms with Crippen LogP contribution in [0, 0.1) is 6.92 Å². The molecular weight excluding hydrogens is 290 g/mol. The van der Waals surface area contributed by atoms with Gasteiger partial charge in [0.15, 0.2) is 0 Å². The smallest absolute Gasteiger partial charge is 0.124 e. The first-order valence-electron chi connectivity index (χ1n) is 7.96.